The Kier molecular flexibility index (Phi) is 10.5. The third-order valence-corrected chi connectivity index (χ3v) is 15.3. The zero-order valence-corrected chi connectivity index (χ0v) is 33.2. The van der Waals surface area contributed by atoms with Crippen molar-refractivity contribution in [3.05, 3.63) is 94.3 Å². The number of aliphatic hydroxyl groups excluding tert-OH is 1. The van der Waals surface area contributed by atoms with Crippen molar-refractivity contribution in [1.82, 2.24) is 9.29 Å². The van der Waals surface area contributed by atoms with Crippen LogP contribution in [0.1, 0.15) is 89.1 Å². The number of nitrogens with zero attached hydrogens (tertiary/aromatic N) is 3. The summed E-state index contributed by atoms with van der Waals surface area (Å²) in [5, 5.41) is 10.8. The van der Waals surface area contributed by atoms with E-state index in [-0.39, 0.29) is 34.8 Å². The van der Waals surface area contributed by atoms with E-state index in [9.17, 15) is 14.7 Å². The predicted octanol–water partition coefficient (Wildman–Crippen LogP) is 6.14. The minimum atomic E-state index is -3.66. The molecule has 1 spiro atoms. The lowest BCUT2D eigenvalue weighted by Gasteiger charge is -2.45. The maximum Gasteiger partial charge on any atom is 0.286 e. The van der Waals surface area contributed by atoms with E-state index in [1.165, 1.54) is 16.7 Å². The molecule has 2 N–H and O–H groups in total. The molecule has 2 bridgehead atoms. The van der Waals surface area contributed by atoms with Crippen LogP contribution < -0.4 is 14.4 Å². The molecule has 294 valence electrons. The molecule has 55 heavy (non-hydrogen) atoms. The van der Waals surface area contributed by atoms with Gasteiger partial charge in [0.15, 0.2) is 0 Å². The Balaban J connectivity index is 1.17. The topological polar surface area (TPSA) is 132 Å². The van der Waals surface area contributed by atoms with Gasteiger partial charge in [0.25, 0.3) is 11.8 Å². The van der Waals surface area contributed by atoms with Crippen LogP contribution >= 0.6 is 0 Å². The van der Waals surface area contributed by atoms with Crippen molar-refractivity contribution in [2.24, 2.45) is 22.1 Å². The van der Waals surface area contributed by atoms with Gasteiger partial charge in [-0.1, -0.05) is 42.8 Å². The number of amides is 2. The van der Waals surface area contributed by atoms with Crippen LogP contribution in [-0.2, 0) is 44.4 Å². The van der Waals surface area contributed by atoms with Crippen molar-refractivity contribution in [2.75, 3.05) is 38.3 Å². The molecule has 1 fully saturated rings. The lowest BCUT2D eigenvalue weighted by atomic mass is 9.68. The lowest BCUT2D eigenvalue weighted by molar-refractivity contribution is -0.0382. The molecular formula is C43H54N4O7S. The van der Waals surface area contributed by atoms with E-state index in [1.54, 1.807) is 32.4 Å². The summed E-state index contributed by atoms with van der Waals surface area (Å²) in [6.07, 6.45) is 10.3. The summed E-state index contributed by atoms with van der Waals surface area (Å²) in [6.45, 7) is 9.04. The molecule has 3 aliphatic heterocycles. The molecule has 1 aromatic heterocycles. The molecule has 11 nitrogen and oxygen atoms in total. The van der Waals surface area contributed by atoms with E-state index in [4.69, 9.17) is 14.2 Å². The quantitative estimate of drug-likeness (QED) is 0.303. The number of rotatable bonds is 4. The summed E-state index contributed by atoms with van der Waals surface area (Å²) >= 11 is 0. The minimum absolute atomic E-state index is 0.105. The number of carbonyl (C=O) groups excluding carboxylic acids is 2. The maximum absolute atomic E-state index is 15.0. The van der Waals surface area contributed by atoms with Crippen LogP contribution in [0, 0.1) is 24.7 Å². The summed E-state index contributed by atoms with van der Waals surface area (Å²) < 4.78 is 41.9. The van der Waals surface area contributed by atoms with Crippen LogP contribution in [0.5, 0.6) is 5.75 Å². The molecule has 3 aromatic rings. The van der Waals surface area contributed by atoms with Crippen LogP contribution in [0.25, 0.3) is 0 Å². The average Bonchev–Trinajstić information content (AvgIpc) is 3.52. The highest BCUT2D eigenvalue weighted by molar-refractivity contribution is 7.93. The first-order valence-corrected chi connectivity index (χ1v) is 21.4. The molecule has 0 saturated heterocycles. The first kappa shape index (κ1) is 37.9. The normalized spacial score (nSPS) is 32.5. The molecule has 2 aliphatic carbocycles. The summed E-state index contributed by atoms with van der Waals surface area (Å²) in [5.74, 6) is -0.405. The van der Waals surface area contributed by atoms with Gasteiger partial charge in [-0.3, -0.25) is 14.3 Å². The van der Waals surface area contributed by atoms with Crippen molar-refractivity contribution < 1.29 is 33.1 Å². The fraction of sp³-hybridized carbons (Fsp3) is 0.535. The van der Waals surface area contributed by atoms with Gasteiger partial charge in [0.2, 0.25) is 0 Å². The second-order valence-corrected chi connectivity index (χ2v) is 18.9. The van der Waals surface area contributed by atoms with Gasteiger partial charge >= 0.3 is 0 Å². The standard InChI is InChI=1S/C43H54N4O7S/c1-27-10-14-37-30(17-27)8-6-16-43(37)25-47-20-32-11-13-36(32)39(48)9-5-7-28(2)29(3)55(51,44-41(49)31-12-15-40(54-26-43)38(47)19-31)45-42(50)33-18-34-23-53-35(24-52-4)22-46(34)21-33/h5,9-10,12,14-15,17-19,21,28-29,32,35-36,39,48H,6-8,11,13,16,20,22-26H2,1-4H3,(H,44,45,49,50,51)/b9-5+/t28-,29+,32-,35+,36+,39-,43-,55?/m0/s1. The number of ether oxygens (including phenoxy) is 3. The van der Waals surface area contributed by atoms with E-state index in [0.29, 0.717) is 57.2 Å². The smallest absolute Gasteiger partial charge is 0.286 e. The highest BCUT2D eigenvalue weighted by Gasteiger charge is 2.44. The Labute approximate surface area is 324 Å². The second kappa shape index (κ2) is 15.2. The maximum atomic E-state index is 15.0. The van der Waals surface area contributed by atoms with Crippen LogP contribution in [-0.4, -0.2) is 76.6 Å². The van der Waals surface area contributed by atoms with Gasteiger partial charge in [-0.25, -0.2) is 4.21 Å². The summed E-state index contributed by atoms with van der Waals surface area (Å²) in [5.41, 5.74) is 5.92. The number of aromatic nitrogens is 1. The lowest BCUT2D eigenvalue weighted by Crippen LogP contribution is -2.49. The number of aliphatic hydroxyl groups is 1. The zero-order valence-electron chi connectivity index (χ0n) is 32.4. The summed E-state index contributed by atoms with van der Waals surface area (Å²) in [4.78, 5) is 30.5. The molecular weight excluding hydrogens is 717 g/mol. The predicted molar refractivity (Wildman–Crippen MR) is 212 cm³/mol. The Morgan fingerprint density at radius 2 is 2.00 bits per heavy atom. The molecule has 4 heterocycles. The molecule has 8 atom stereocenters. The second-order valence-electron chi connectivity index (χ2n) is 16.6. The Bertz CT molecular complexity index is 2120. The Hall–Kier alpha value is -3.97. The van der Waals surface area contributed by atoms with Crippen molar-refractivity contribution in [1.29, 1.82) is 0 Å². The van der Waals surface area contributed by atoms with E-state index in [1.807, 2.05) is 35.8 Å². The molecule has 2 aromatic carbocycles. The molecule has 8 rings (SSSR count). The van der Waals surface area contributed by atoms with Gasteiger partial charge in [-0.2, -0.15) is 0 Å². The first-order chi connectivity index (χ1) is 26.4. The van der Waals surface area contributed by atoms with Crippen molar-refractivity contribution in [2.45, 2.75) is 95.3 Å². The van der Waals surface area contributed by atoms with E-state index < -0.39 is 33.1 Å². The largest absolute Gasteiger partial charge is 0.490 e. The van der Waals surface area contributed by atoms with E-state index in [2.05, 4.69) is 39.1 Å². The van der Waals surface area contributed by atoms with Crippen molar-refractivity contribution in [3.63, 3.8) is 0 Å². The third kappa shape index (κ3) is 7.38. The van der Waals surface area contributed by atoms with Crippen LogP contribution in [0.4, 0.5) is 5.69 Å². The van der Waals surface area contributed by atoms with Crippen molar-refractivity contribution >= 4 is 27.4 Å². The molecule has 1 unspecified atom stereocenters. The molecule has 0 radical (unpaired) electrons. The van der Waals surface area contributed by atoms with Gasteiger partial charge in [0, 0.05) is 43.1 Å². The monoisotopic (exact) mass is 770 g/mol. The first-order valence-electron chi connectivity index (χ1n) is 19.8. The number of nitrogens with one attached hydrogen (secondary N) is 1. The highest BCUT2D eigenvalue weighted by Crippen LogP contribution is 2.46. The molecule has 5 aliphatic rings. The van der Waals surface area contributed by atoms with Crippen LogP contribution in [0.3, 0.4) is 0 Å². The number of benzene rings is 2. The minimum Gasteiger partial charge on any atom is -0.490 e. The fourth-order valence-electron chi connectivity index (χ4n) is 9.34. The molecule has 12 heteroatoms. The number of aryl methyl sites for hydroxylation is 2. The van der Waals surface area contributed by atoms with Gasteiger partial charge in [-0.05, 0) is 106 Å². The number of hydrogen-bond acceptors (Lipinski definition) is 8. The Morgan fingerprint density at radius 3 is 2.80 bits per heavy atom. The van der Waals surface area contributed by atoms with Gasteiger partial charge in [0.05, 0.1) is 55.1 Å². The highest BCUT2D eigenvalue weighted by atomic mass is 32.2. The van der Waals surface area contributed by atoms with Crippen LogP contribution in [0.15, 0.2) is 65.2 Å². The third-order valence-electron chi connectivity index (χ3n) is 12.9. The Morgan fingerprint density at radius 1 is 1.15 bits per heavy atom. The number of carbonyl (C=O) groups is 2. The van der Waals surface area contributed by atoms with Gasteiger partial charge in [0.1, 0.15) is 15.7 Å². The SMILES string of the molecule is COC[C@H]1Cn2cc(C(=O)NS3(=O)=NC(=O)c4ccc5c(c4)N(C[C@@H]4CC[C@H]4[C@@H](O)/C=C/C[C@H](C)[C@H]3C)C[C@@]3(CCCc4cc(C)ccc43)CO5)cc2CO1. The van der Waals surface area contributed by atoms with E-state index >= 15 is 4.21 Å². The molecule has 2 amide bonds. The summed E-state index contributed by atoms with van der Waals surface area (Å²) in [6, 6.07) is 13.8. The number of hydrogen-bond donors (Lipinski definition) is 2. The zero-order chi connectivity index (χ0) is 38.5. The number of fused-ring (bicyclic) bond motifs is 5. The summed E-state index contributed by atoms with van der Waals surface area (Å²) in [7, 11) is -2.04. The van der Waals surface area contributed by atoms with Gasteiger partial charge < -0.3 is 28.8 Å². The van der Waals surface area contributed by atoms with Crippen molar-refractivity contribution in [3.8, 4) is 5.75 Å². The van der Waals surface area contributed by atoms with Gasteiger partial charge in [-0.15, -0.1) is 4.36 Å². The van der Waals surface area contributed by atoms with E-state index in [0.717, 1.165) is 43.5 Å². The average molecular weight is 771 g/mol. The number of anilines is 1. The molecule has 1 saturated carbocycles. The number of allylic oxidation sites excluding steroid dienone is 1. The number of methoxy groups -OCH3 is 1. The van der Waals surface area contributed by atoms with Crippen LogP contribution in [0.2, 0.25) is 0 Å². The fourth-order valence-corrected chi connectivity index (χ4v) is 11.2.